The lowest BCUT2D eigenvalue weighted by Gasteiger charge is -2.38. The van der Waals surface area contributed by atoms with Crippen molar-refractivity contribution >= 4 is 23.2 Å². The molecule has 0 bridgehead atoms. The molecule has 1 aromatic carbocycles. The van der Waals surface area contributed by atoms with Crippen molar-refractivity contribution in [2.24, 2.45) is 5.92 Å². The predicted molar refractivity (Wildman–Crippen MR) is 60.9 cm³/mol. The molecule has 1 aliphatic rings. The second-order valence-electron chi connectivity index (χ2n) is 3.93. The van der Waals surface area contributed by atoms with Gasteiger partial charge in [-0.05, 0) is 17.5 Å². The summed E-state index contributed by atoms with van der Waals surface area (Å²) >= 11 is 11.6. The van der Waals surface area contributed by atoms with Gasteiger partial charge >= 0.3 is 0 Å². The van der Waals surface area contributed by atoms with E-state index in [1.54, 1.807) is 6.07 Å². The van der Waals surface area contributed by atoms with Crippen molar-refractivity contribution in [3.05, 3.63) is 34.6 Å². The summed E-state index contributed by atoms with van der Waals surface area (Å²) in [6.45, 7) is 2.68. The molecule has 1 fully saturated rings. The van der Waals surface area contributed by atoms with E-state index < -0.39 is 0 Å². The molecule has 15 heavy (non-hydrogen) atoms. The molecular weight excluding hydrogens is 236 g/mol. The van der Waals surface area contributed by atoms with Gasteiger partial charge in [-0.2, -0.15) is 0 Å². The highest BCUT2D eigenvalue weighted by Gasteiger charge is 2.26. The quantitative estimate of drug-likeness (QED) is 0.743. The minimum absolute atomic E-state index is 0.242. The second-order valence-corrected chi connectivity index (χ2v) is 4.61. The topological polar surface area (TPSA) is 3.24 Å². The molecule has 1 saturated heterocycles. The number of halogens is 3. The molecule has 1 aromatic rings. The van der Waals surface area contributed by atoms with E-state index in [1.165, 1.54) is 6.07 Å². The first-order chi connectivity index (χ1) is 7.20. The summed E-state index contributed by atoms with van der Waals surface area (Å²) in [6, 6.07) is 4.93. The largest absolute Gasteiger partial charge is 0.298 e. The average Bonchev–Trinajstić information content (AvgIpc) is 2.17. The second kappa shape index (κ2) is 4.69. The Morgan fingerprint density at radius 3 is 2.80 bits per heavy atom. The average molecular weight is 248 g/mol. The van der Waals surface area contributed by atoms with Crippen LogP contribution < -0.4 is 0 Å². The van der Waals surface area contributed by atoms with E-state index in [0.717, 1.165) is 18.7 Å². The van der Waals surface area contributed by atoms with Gasteiger partial charge in [0, 0.05) is 25.5 Å². The maximum atomic E-state index is 13.1. The summed E-state index contributed by atoms with van der Waals surface area (Å²) in [5, 5.41) is 0.242. The third-order valence-corrected chi connectivity index (χ3v) is 3.54. The summed E-state index contributed by atoms with van der Waals surface area (Å²) in [4.78, 5) is 2.22. The van der Waals surface area contributed by atoms with Gasteiger partial charge in [0.2, 0.25) is 0 Å². The van der Waals surface area contributed by atoms with Crippen LogP contribution in [0.3, 0.4) is 0 Å². The van der Waals surface area contributed by atoms with Crippen molar-refractivity contribution in [2.75, 3.05) is 19.0 Å². The van der Waals surface area contributed by atoms with Crippen molar-refractivity contribution in [1.29, 1.82) is 0 Å². The molecule has 2 rings (SSSR count). The van der Waals surface area contributed by atoms with Crippen LogP contribution in [0.5, 0.6) is 0 Å². The summed E-state index contributed by atoms with van der Waals surface area (Å²) < 4.78 is 13.1. The van der Waals surface area contributed by atoms with Crippen molar-refractivity contribution in [3.63, 3.8) is 0 Å². The third kappa shape index (κ3) is 2.44. The van der Waals surface area contributed by atoms with Gasteiger partial charge in [0.15, 0.2) is 0 Å². The molecule has 0 spiro atoms. The summed E-state index contributed by atoms with van der Waals surface area (Å²) in [5.41, 5.74) is 0.852. The molecule has 0 unspecified atom stereocenters. The molecule has 1 nitrogen and oxygen atoms in total. The van der Waals surface area contributed by atoms with Crippen LogP contribution in [0.4, 0.5) is 4.39 Å². The summed E-state index contributed by atoms with van der Waals surface area (Å²) in [7, 11) is 0. The van der Waals surface area contributed by atoms with Crippen molar-refractivity contribution in [3.8, 4) is 0 Å². The van der Waals surface area contributed by atoms with Crippen LogP contribution in [0.15, 0.2) is 18.2 Å². The Morgan fingerprint density at radius 2 is 2.13 bits per heavy atom. The van der Waals surface area contributed by atoms with Gasteiger partial charge in [0.25, 0.3) is 0 Å². The molecule has 0 saturated carbocycles. The molecule has 4 heteroatoms. The first-order valence-corrected chi connectivity index (χ1v) is 5.83. The molecule has 1 heterocycles. The minimum atomic E-state index is -0.344. The van der Waals surface area contributed by atoms with Gasteiger partial charge < -0.3 is 0 Å². The highest BCUT2D eigenvalue weighted by molar-refractivity contribution is 6.31. The van der Waals surface area contributed by atoms with Crippen LogP contribution >= 0.6 is 23.2 Å². The van der Waals surface area contributed by atoms with E-state index in [2.05, 4.69) is 4.90 Å². The normalized spacial score (nSPS) is 17.8. The van der Waals surface area contributed by atoms with E-state index in [-0.39, 0.29) is 10.8 Å². The van der Waals surface area contributed by atoms with Crippen LogP contribution in [-0.4, -0.2) is 23.9 Å². The molecule has 0 aliphatic carbocycles. The number of alkyl halides is 1. The molecule has 0 aromatic heterocycles. The van der Waals surface area contributed by atoms with Crippen LogP contribution in [0.1, 0.15) is 5.56 Å². The predicted octanol–water partition coefficient (Wildman–Crippen LogP) is 3.15. The third-order valence-electron chi connectivity index (χ3n) is 2.68. The molecule has 0 N–H and O–H groups in total. The smallest absolute Gasteiger partial charge is 0.142 e. The van der Waals surface area contributed by atoms with E-state index in [1.807, 2.05) is 6.07 Å². The van der Waals surface area contributed by atoms with Crippen molar-refractivity contribution < 1.29 is 4.39 Å². The van der Waals surface area contributed by atoms with E-state index >= 15 is 0 Å². The van der Waals surface area contributed by atoms with Gasteiger partial charge in [0.05, 0.1) is 5.02 Å². The number of rotatable bonds is 3. The zero-order valence-corrected chi connectivity index (χ0v) is 9.73. The van der Waals surface area contributed by atoms with Crippen LogP contribution in [0.25, 0.3) is 0 Å². The first kappa shape index (κ1) is 11.2. The van der Waals surface area contributed by atoms with Gasteiger partial charge in [-0.25, -0.2) is 4.39 Å². The van der Waals surface area contributed by atoms with Crippen molar-refractivity contribution in [1.82, 2.24) is 4.90 Å². The van der Waals surface area contributed by atoms with Crippen LogP contribution in [0.2, 0.25) is 5.02 Å². The molecule has 0 amide bonds. The number of nitrogens with zero attached hydrogens (tertiary/aromatic N) is 1. The van der Waals surface area contributed by atoms with E-state index in [9.17, 15) is 4.39 Å². The molecule has 0 radical (unpaired) electrons. The maximum absolute atomic E-state index is 13.1. The monoisotopic (exact) mass is 247 g/mol. The maximum Gasteiger partial charge on any atom is 0.142 e. The highest BCUT2D eigenvalue weighted by Crippen LogP contribution is 2.25. The minimum Gasteiger partial charge on any atom is -0.298 e. The molecule has 82 valence electrons. The number of hydrogen-bond donors (Lipinski definition) is 0. The Hall–Kier alpha value is -0.310. The lowest BCUT2D eigenvalue weighted by Crippen LogP contribution is -2.46. The van der Waals surface area contributed by atoms with Gasteiger partial charge in [-0.1, -0.05) is 23.7 Å². The Morgan fingerprint density at radius 1 is 1.40 bits per heavy atom. The highest BCUT2D eigenvalue weighted by atomic mass is 35.5. The zero-order valence-electron chi connectivity index (χ0n) is 8.22. The Kier molecular flexibility index (Phi) is 3.49. The molecule has 0 atom stereocenters. The standard InChI is InChI=1S/C11H12Cl2FN/c12-4-8-5-15(6-8)7-9-2-1-3-10(14)11(9)13/h1-3,8H,4-7H2. The number of hydrogen-bond acceptors (Lipinski definition) is 1. The first-order valence-electron chi connectivity index (χ1n) is 4.92. The fourth-order valence-corrected chi connectivity index (χ4v) is 2.20. The fourth-order valence-electron chi connectivity index (χ4n) is 1.81. The fraction of sp³-hybridized carbons (Fsp3) is 0.455. The van der Waals surface area contributed by atoms with Crippen molar-refractivity contribution in [2.45, 2.75) is 6.54 Å². The lowest BCUT2D eigenvalue weighted by molar-refractivity contribution is 0.107. The Labute approximate surface area is 98.8 Å². The van der Waals surface area contributed by atoms with E-state index in [4.69, 9.17) is 23.2 Å². The summed E-state index contributed by atoms with van der Waals surface area (Å²) in [6.07, 6.45) is 0. The number of benzene rings is 1. The van der Waals surface area contributed by atoms with E-state index in [0.29, 0.717) is 18.3 Å². The van der Waals surface area contributed by atoms with Gasteiger partial charge in [-0.3, -0.25) is 4.90 Å². The number of likely N-dealkylation sites (tertiary alicyclic amines) is 1. The van der Waals surface area contributed by atoms with Crippen LogP contribution in [-0.2, 0) is 6.54 Å². The van der Waals surface area contributed by atoms with Gasteiger partial charge in [-0.15, -0.1) is 11.6 Å². The SMILES string of the molecule is Fc1cccc(CN2CC(CCl)C2)c1Cl. The lowest BCUT2D eigenvalue weighted by atomic mass is 10.0. The Bertz CT molecular complexity index is 350. The van der Waals surface area contributed by atoms with Crippen LogP contribution in [0, 0.1) is 11.7 Å². The summed E-state index contributed by atoms with van der Waals surface area (Å²) in [5.74, 6) is 0.940. The van der Waals surface area contributed by atoms with Gasteiger partial charge in [0.1, 0.15) is 5.82 Å². The Balaban J connectivity index is 1.97. The molecular formula is C11H12Cl2FN. The zero-order chi connectivity index (χ0) is 10.8. The molecule has 1 aliphatic heterocycles.